The van der Waals surface area contributed by atoms with Crippen molar-refractivity contribution in [3.63, 3.8) is 0 Å². The van der Waals surface area contributed by atoms with Gasteiger partial charge in [0.2, 0.25) is 0 Å². The van der Waals surface area contributed by atoms with Crippen molar-refractivity contribution >= 4 is 29.3 Å². The first-order valence-corrected chi connectivity index (χ1v) is 15.6. The van der Waals surface area contributed by atoms with Crippen LogP contribution < -0.4 is 29.0 Å². The molecule has 0 fully saturated rings. The van der Waals surface area contributed by atoms with Gasteiger partial charge in [0.05, 0.1) is 59.6 Å². The number of benzene rings is 3. The van der Waals surface area contributed by atoms with Crippen molar-refractivity contribution in [1.29, 1.82) is 0 Å². The largest absolute Gasteiger partial charge is 0.497 e. The molecule has 4 aromatic rings. The number of ether oxygens (including phenoxy) is 5. The highest BCUT2D eigenvalue weighted by molar-refractivity contribution is 7.99. The number of methoxy groups -OCH3 is 5. The van der Waals surface area contributed by atoms with Crippen LogP contribution in [0.4, 0.5) is 0 Å². The van der Waals surface area contributed by atoms with Crippen molar-refractivity contribution < 1.29 is 33.3 Å². The average Bonchev–Trinajstić information content (AvgIpc) is 3.72. The fraction of sp³-hybridized carbons (Fsp3) is 0.303. The van der Waals surface area contributed by atoms with Gasteiger partial charge >= 0.3 is 0 Å². The summed E-state index contributed by atoms with van der Waals surface area (Å²) in [7, 11) is 9.58. The number of hydrazone groups is 1. The maximum atomic E-state index is 13.8. The first kappa shape index (κ1) is 33.1. The van der Waals surface area contributed by atoms with Gasteiger partial charge in [-0.05, 0) is 54.1 Å². The van der Waals surface area contributed by atoms with E-state index in [1.54, 1.807) is 51.1 Å². The van der Waals surface area contributed by atoms with Crippen molar-refractivity contribution in [3.8, 4) is 28.7 Å². The Kier molecular flexibility index (Phi) is 10.5. The van der Waals surface area contributed by atoms with Gasteiger partial charge in [0.1, 0.15) is 5.75 Å². The van der Waals surface area contributed by atoms with Crippen LogP contribution >= 0.6 is 11.8 Å². The van der Waals surface area contributed by atoms with Gasteiger partial charge in [0.25, 0.3) is 11.8 Å². The number of aromatic nitrogens is 3. The molecule has 0 spiro atoms. The third-order valence-corrected chi connectivity index (χ3v) is 8.69. The van der Waals surface area contributed by atoms with Crippen molar-refractivity contribution in [2.45, 2.75) is 24.2 Å². The standard InChI is InChI=1S/C33H36N6O7S/c1-38-29(18-34-32(41)21-12-15-26(43-3)28(16-21)45-5)35-36-33(38)47-19-30(40)39-25(23-8-7-9-27(44-4)31(23)46-6)17-24(37-39)20-10-13-22(42-2)14-11-20/h7-16,25H,17-19H2,1-6H3,(H,34,41)/t25-/m1/s1. The first-order valence-electron chi connectivity index (χ1n) is 14.6. The third kappa shape index (κ3) is 7.12. The second kappa shape index (κ2) is 14.9. The smallest absolute Gasteiger partial charge is 0.253 e. The van der Waals surface area contributed by atoms with Gasteiger partial charge in [-0.25, -0.2) is 5.01 Å². The van der Waals surface area contributed by atoms with Gasteiger partial charge in [-0.2, -0.15) is 5.10 Å². The highest BCUT2D eigenvalue weighted by Gasteiger charge is 2.35. The maximum absolute atomic E-state index is 13.8. The van der Waals surface area contributed by atoms with E-state index in [4.69, 9.17) is 28.8 Å². The predicted octanol–water partition coefficient (Wildman–Crippen LogP) is 4.26. The zero-order chi connectivity index (χ0) is 33.5. The van der Waals surface area contributed by atoms with Gasteiger partial charge in [-0.3, -0.25) is 9.59 Å². The number of nitrogens with zero attached hydrogens (tertiary/aromatic N) is 5. The highest BCUT2D eigenvalue weighted by Crippen LogP contribution is 2.42. The van der Waals surface area contributed by atoms with E-state index in [1.165, 1.54) is 31.0 Å². The summed E-state index contributed by atoms with van der Waals surface area (Å²) in [6.45, 7) is 0.129. The number of nitrogens with one attached hydrogen (secondary N) is 1. The second-order valence-corrected chi connectivity index (χ2v) is 11.3. The zero-order valence-electron chi connectivity index (χ0n) is 27.0. The Morgan fingerprint density at radius 2 is 1.62 bits per heavy atom. The Labute approximate surface area is 276 Å². The van der Waals surface area contributed by atoms with Gasteiger partial charge in [-0.1, -0.05) is 23.9 Å². The van der Waals surface area contributed by atoms with E-state index < -0.39 is 6.04 Å². The summed E-state index contributed by atoms with van der Waals surface area (Å²) >= 11 is 1.23. The van der Waals surface area contributed by atoms with Gasteiger partial charge in [0, 0.05) is 24.6 Å². The Bertz CT molecular complexity index is 1780. The molecule has 0 bridgehead atoms. The van der Waals surface area contributed by atoms with Crippen LogP contribution in [0.3, 0.4) is 0 Å². The molecule has 0 saturated carbocycles. The molecule has 0 saturated heterocycles. The van der Waals surface area contributed by atoms with E-state index in [-0.39, 0.29) is 24.1 Å². The SMILES string of the molecule is COc1ccc(C2=NN(C(=O)CSc3nnc(CNC(=O)c4ccc(OC)c(OC)c4)n3C)[C@@H](c3cccc(OC)c3OC)C2)cc1. The molecule has 246 valence electrons. The molecule has 5 rings (SSSR count). The maximum Gasteiger partial charge on any atom is 0.253 e. The average molecular weight is 661 g/mol. The van der Waals surface area contributed by atoms with Gasteiger partial charge in [-0.15, -0.1) is 10.2 Å². The van der Waals surface area contributed by atoms with Crippen molar-refractivity contribution in [2.75, 3.05) is 41.3 Å². The van der Waals surface area contributed by atoms with Crippen LogP contribution in [0.15, 0.2) is 70.9 Å². The Balaban J connectivity index is 1.30. The minimum Gasteiger partial charge on any atom is -0.497 e. The number of carbonyl (C=O) groups excluding carboxylic acids is 2. The molecule has 1 atom stereocenters. The molecule has 0 aliphatic carbocycles. The minimum atomic E-state index is -0.424. The Hall–Kier alpha value is -5.24. The molecule has 0 unspecified atom stereocenters. The molecule has 3 aromatic carbocycles. The van der Waals surface area contributed by atoms with Crippen LogP contribution in [-0.4, -0.2) is 78.6 Å². The monoisotopic (exact) mass is 660 g/mol. The summed E-state index contributed by atoms with van der Waals surface area (Å²) < 4.78 is 28.8. The van der Waals surface area contributed by atoms with E-state index in [1.807, 2.05) is 42.5 Å². The molecule has 1 aliphatic rings. The summed E-state index contributed by atoms with van der Waals surface area (Å²) in [5, 5.41) is 18.1. The lowest BCUT2D eigenvalue weighted by atomic mass is 9.97. The molecular weight excluding hydrogens is 624 g/mol. The predicted molar refractivity (Wildman–Crippen MR) is 176 cm³/mol. The summed E-state index contributed by atoms with van der Waals surface area (Å²) in [5.74, 6) is 2.86. The number of rotatable bonds is 13. The van der Waals surface area contributed by atoms with Gasteiger partial charge in [0.15, 0.2) is 34.0 Å². The fourth-order valence-electron chi connectivity index (χ4n) is 5.17. The molecule has 47 heavy (non-hydrogen) atoms. The zero-order valence-corrected chi connectivity index (χ0v) is 27.8. The molecular formula is C33H36N6O7S. The van der Waals surface area contributed by atoms with E-state index in [0.717, 1.165) is 22.6 Å². The van der Waals surface area contributed by atoms with Crippen LogP contribution in [0.5, 0.6) is 28.7 Å². The highest BCUT2D eigenvalue weighted by atomic mass is 32.2. The minimum absolute atomic E-state index is 0.0478. The van der Waals surface area contributed by atoms with E-state index >= 15 is 0 Å². The second-order valence-electron chi connectivity index (χ2n) is 10.3. The number of hydrogen-bond donors (Lipinski definition) is 1. The van der Waals surface area contributed by atoms with Crippen molar-refractivity contribution in [1.82, 2.24) is 25.1 Å². The lowest BCUT2D eigenvalue weighted by molar-refractivity contribution is -0.130. The Morgan fingerprint density at radius 1 is 0.872 bits per heavy atom. The number of amides is 2. The number of thioether (sulfide) groups is 1. The normalized spacial score (nSPS) is 14.0. The quantitative estimate of drug-likeness (QED) is 0.207. The molecule has 2 heterocycles. The molecule has 1 N–H and O–H groups in total. The molecule has 1 aliphatic heterocycles. The molecule has 13 nitrogen and oxygen atoms in total. The van der Waals surface area contributed by atoms with Crippen molar-refractivity contribution in [2.24, 2.45) is 12.1 Å². The lowest BCUT2D eigenvalue weighted by Crippen LogP contribution is -2.29. The fourth-order valence-corrected chi connectivity index (χ4v) is 5.95. The van der Waals surface area contributed by atoms with E-state index in [0.29, 0.717) is 46.0 Å². The van der Waals surface area contributed by atoms with Crippen LogP contribution in [-0.2, 0) is 18.4 Å². The third-order valence-electron chi connectivity index (χ3n) is 7.68. The molecule has 14 heteroatoms. The lowest BCUT2D eigenvalue weighted by Gasteiger charge is -2.24. The molecule has 0 radical (unpaired) electrons. The summed E-state index contributed by atoms with van der Waals surface area (Å²) in [6, 6.07) is 17.7. The number of para-hydroxylation sites is 1. The first-order chi connectivity index (χ1) is 22.8. The van der Waals surface area contributed by atoms with Crippen molar-refractivity contribution in [3.05, 3.63) is 83.2 Å². The van der Waals surface area contributed by atoms with E-state index in [2.05, 4.69) is 15.5 Å². The van der Waals surface area contributed by atoms with Crippen LogP contribution in [0.2, 0.25) is 0 Å². The van der Waals surface area contributed by atoms with Gasteiger partial charge < -0.3 is 33.6 Å². The topological polar surface area (TPSA) is 139 Å². The number of hydrogen-bond acceptors (Lipinski definition) is 11. The molecule has 1 aromatic heterocycles. The summed E-state index contributed by atoms with van der Waals surface area (Å²) in [5.41, 5.74) is 2.83. The van der Waals surface area contributed by atoms with Crippen LogP contribution in [0.1, 0.15) is 39.8 Å². The Morgan fingerprint density at radius 3 is 2.30 bits per heavy atom. The van der Waals surface area contributed by atoms with Crippen LogP contribution in [0.25, 0.3) is 0 Å². The number of carbonyl (C=O) groups is 2. The van der Waals surface area contributed by atoms with Crippen LogP contribution in [0, 0.1) is 0 Å². The molecule has 2 amide bonds. The summed E-state index contributed by atoms with van der Waals surface area (Å²) in [6.07, 6.45) is 0.472. The van der Waals surface area contributed by atoms with E-state index in [9.17, 15) is 9.59 Å². The summed E-state index contributed by atoms with van der Waals surface area (Å²) in [4.78, 5) is 26.6.